The lowest BCUT2D eigenvalue weighted by molar-refractivity contribution is 0.0271. The number of H-pyrrole nitrogens is 1. The van der Waals surface area contributed by atoms with Gasteiger partial charge in [-0.15, -0.1) is 0 Å². The van der Waals surface area contributed by atoms with E-state index in [0.29, 0.717) is 50.0 Å². The third kappa shape index (κ3) is 7.18. The standard InChI is InChI=1S/C23H33ClN6O6S/c1-5-13-18(24)29-19(26-13)21(32)27-14-8-10-30(12-15(14)35-6-2)23-28-16(20(31)25-9-11-34-4)17(37-23)22(33)36-7-3/h14-15H,5-12H2,1-4H3,(H,25,31)(H,26,29)(H,27,32). The number of nitrogens with one attached hydrogen (secondary N) is 3. The molecule has 37 heavy (non-hydrogen) atoms. The zero-order valence-corrected chi connectivity index (χ0v) is 23.0. The van der Waals surface area contributed by atoms with Gasteiger partial charge in [0.15, 0.2) is 21.8 Å². The molecule has 204 valence electrons. The van der Waals surface area contributed by atoms with Crippen molar-refractivity contribution in [2.45, 2.75) is 45.8 Å². The summed E-state index contributed by atoms with van der Waals surface area (Å²) in [6.07, 6.45) is 0.829. The molecule has 0 aliphatic carbocycles. The van der Waals surface area contributed by atoms with E-state index in [2.05, 4.69) is 25.6 Å². The fourth-order valence-electron chi connectivity index (χ4n) is 3.89. The average molecular weight is 557 g/mol. The fraction of sp³-hybridized carbons (Fsp3) is 0.609. The molecule has 2 aromatic heterocycles. The molecule has 2 unspecified atom stereocenters. The summed E-state index contributed by atoms with van der Waals surface area (Å²) in [6.45, 7) is 7.64. The van der Waals surface area contributed by atoms with Crippen LogP contribution in [0.5, 0.6) is 0 Å². The number of hydrogen-bond acceptors (Lipinski definition) is 10. The molecule has 1 saturated heterocycles. The number of carbonyl (C=O) groups excluding carboxylic acids is 3. The molecular formula is C23H33ClN6O6S. The lowest BCUT2D eigenvalue weighted by Gasteiger charge is -2.38. The number of aromatic amines is 1. The van der Waals surface area contributed by atoms with Gasteiger partial charge in [-0.1, -0.05) is 29.9 Å². The highest BCUT2D eigenvalue weighted by Gasteiger charge is 2.35. The summed E-state index contributed by atoms with van der Waals surface area (Å²) < 4.78 is 16.1. The molecule has 3 rings (SSSR count). The summed E-state index contributed by atoms with van der Waals surface area (Å²) in [6, 6.07) is -0.279. The first-order valence-corrected chi connectivity index (χ1v) is 13.4. The molecule has 2 amide bonds. The van der Waals surface area contributed by atoms with Gasteiger partial charge in [-0.3, -0.25) is 9.59 Å². The molecule has 3 heterocycles. The first-order valence-electron chi connectivity index (χ1n) is 12.2. The normalized spacial score (nSPS) is 17.5. The van der Waals surface area contributed by atoms with E-state index < -0.39 is 11.9 Å². The van der Waals surface area contributed by atoms with Crippen molar-refractivity contribution in [3.63, 3.8) is 0 Å². The third-order valence-electron chi connectivity index (χ3n) is 5.71. The van der Waals surface area contributed by atoms with Crippen LogP contribution < -0.4 is 15.5 Å². The van der Waals surface area contributed by atoms with Crippen molar-refractivity contribution in [3.05, 3.63) is 27.2 Å². The van der Waals surface area contributed by atoms with Crippen molar-refractivity contribution < 1.29 is 28.6 Å². The maximum Gasteiger partial charge on any atom is 0.350 e. The second-order valence-corrected chi connectivity index (χ2v) is 9.50. The first-order chi connectivity index (χ1) is 17.8. The molecule has 12 nitrogen and oxygen atoms in total. The predicted octanol–water partition coefficient (Wildman–Crippen LogP) is 2.05. The zero-order chi connectivity index (χ0) is 26.9. The number of piperidine rings is 1. The molecule has 0 aromatic carbocycles. The molecule has 2 aromatic rings. The van der Waals surface area contributed by atoms with Crippen LogP contribution in [0, 0.1) is 0 Å². The van der Waals surface area contributed by atoms with Gasteiger partial charge in [-0.05, 0) is 26.7 Å². The second-order valence-electron chi connectivity index (χ2n) is 8.16. The number of methoxy groups -OCH3 is 1. The van der Waals surface area contributed by atoms with Crippen LogP contribution in [0.1, 0.15) is 63.7 Å². The molecule has 1 fully saturated rings. The molecular weight excluding hydrogens is 524 g/mol. The van der Waals surface area contributed by atoms with Crippen molar-refractivity contribution in [2.75, 3.05) is 51.5 Å². The zero-order valence-electron chi connectivity index (χ0n) is 21.4. The second kappa shape index (κ2) is 13.7. The molecule has 14 heteroatoms. The van der Waals surface area contributed by atoms with E-state index in [4.69, 9.17) is 25.8 Å². The van der Waals surface area contributed by atoms with Crippen LogP contribution in [0.4, 0.5) is 5.13 Å². The topological polar surface area (TPSA) is 148 Å². The Morgan fingerprint density at radius 1 is 1.19 bits per heavy atom. The maximum absolute atomic E-state index is 12.8. The molecule has 0 saturated carbocycles. The van der Waals surface area contributed by atoms with Gasteiger partial charge in [0.05, 0.1) is 31.1 Å². The Kier molecular flexibility index (Phi) is 10.7. The fourth-order valence-corrected chi connectivity index (χ4v) is 5.15. The summed E-state index contributed by atoms with van der Waals surface area (Å²) in [4.78, 5) is 51.7. The van der Waals surface area contributed by atoms with Crippen LogP contribution in [0.15, 0.2) is 0 Å². The Balaban J connectivity index is 1.76. The van der Waals surface area contributed by atoms with Crippen LogP contribution in [0.25, 0.3) is 0 Å². The number of aryl methyl sites for hydroxylation is 1. The summed E-state index contributed by atoms with van der Waals surface area (Å²) in [5.74, 6) is -1.29. The van der Waals surface area contributed by atoms with Crippen molar-refractivity contribution in [1.82, 2.24) is 25.6 Å². The lowest BCUT2D eigenvalue weighted by Crippen LogP contribution is -2.55. The number of thiazole rings is 1. The maximum atomic E-state index is 12.8. The number of imidazole rings is 1. The number of aromatic nitrogens is 3. The summed E-state index contributed by atoms with van der Waals surface area (Å²) in [5, 5.41) is 6.48. The molecule has 1 aliphatic heterocycles. The molecule has 0 bridgehead atoms. The van der Waals surface area contributed by atoms with Gasteiger partial charge in [0.25, 0.3) is 11.8 Å². The highest BCUT2D eigenvalue weighted by atomic mass is 35.5. The Morgan fingerprint density at radius 3 is 2.62 bits per heavy atom. The first kappa shape index (κ1) is 28.8. The number of esters is 1. The van der Waals surface area contributed by atoms with Crippen molar-refractivity contribution in [3.8, 4) is 0 Å². The molecule has 2 atom stereocenters. The van der Waals surface area contributed by atoms with Gasteiger partial charge >= 0.3 is 5.97 Å². The van der Waals surface area contributed by atoms with Crippen LogP contribution in [-0.2, 0) is 20.6 Å². The van der Waals surface area contributed by atoms with Gasteiger partial charge < -0.3 is 34.7 Å². The number of nitrogens with zero attached hydrogens (tertiary/aromatic N) is 3. The van der Waals surface area contributed by atoms with Gasteiger partial charge in [0, 0.05) is 33.4 Å². The van der Waals surface area contributed by atoms with Gasteiger partial charge in [0.1, 0.15) is 4.88 Å². The lowest BCUT2D eigenvalue weighted by atomic mass is 10.0. The molecule has 3 N–H and O–H groups in total. The van der Waals surface area contributed by atoms with Crippen LogP contribution in [0.3, 0.4) is 0 Å². The van der Waals surface area contributed by atoms with Gasteiger partial charge in [0.2, 0.25) is 0 Å². The van der Waals surface area contributed by atoms with Crippen molar-refractivity contribution in [2.24, 2.45) is 0 Å². The SMILES string of the molecule is CCOC(=O)c1sc(N2CCC(NC(=O)c3nc(Cl)c(CC)[nH]3)C(OCC)C2)nc1C(=O)NCCOC. The monoisotopic (exact) mass is 556 g/mol. The molecule has 1 aliphatic rings. The number of anilines is 1. The number of ether oxygens (including phenoxy) is 3. The van der Waals surface area contributed by atoms with Crippen LogP contribution >= 0.6 is 22.9 Å². The minimum atomic E-state index is -0.602. The number of carbonyl (C=O) groups is 3. The number of rotatable bonds is 12. The Labute approximate surface area is 224 Å². The highest BCUT2D eigenvalue weighted by Crippen LogP contribution is 2.30. The summed E-state index contributed by atoms with van der Waals surface area (Å²) in [5.41, 5.74) is 0.714. The molecule has 0 spiro atoms. The number of hydrogen-bond donors (Lipinski definition) is 3. The third-order valence-corrected chi connectivity index (χ3v) is 7.12. The largest absolute Gasteiger partial charge is 0.462 e. The van der Waals surface area contributed by atoms with E-state index in [1.54, 1.807) is 6.92 Å². The van der Waals surface area contributed by atoms with Crippen molar-refractivity contribution >= 4 is 45.9 Å². The smallest absolute Gasteiger partial charge is 0.350 e. The minimum absolute atomic E-state index is 0.0133. The van der Waals surface area contributed by atoms with E-state index in [-0.39, 0.29) is 52.8 Å². The van der Waals surface area contributed by atoms with E-state index >= 15 is 0 Å². The van der Waals surface area contributed by atoms with E-state index in [0.717, 1.165) is 11.3 Å². The van der Waals surface area contributed by atoms with E-state index in [1.165, 1.54) is 7.11 Å². The summed E-state index contributed by atoms with van der Waals surface area (Å²) in [7, 11) is 1.53. The predicted molar refractivity (Wildman–Crippen MR) is 139 cm³/mol. The van der Waals surface area contributed by atoms with Crippen LogP contribution in [0.2, 0.25) is 5.15 Å². The van der Waals surface area contributed by atoms with Gasteiger partial charge in [-0.25, -0.2) is 14.8 Å². The van der Waals surface area contributed by atoms with Crippen LogP contribution in [-0.4, -0.2) is 91.4 Å². The highest BCUT2D eigenvalue weighted by molar-refractivity contribution is 7.17. The van der Waals surface area contributed by atoms with E-state index in [1.807, 2.05) is 18.7 Å². The Morgan fingerprint density at radius 2 is 1.97 bits per heavy atom. The van der Waals surface area contributed by atoms with E-state index in [9.17, 15) is 14.4 Å². The minimum Gasteiger partial charge on any atom is -0.462 e. The average Bonchev–Trinajstić information content (AvgIpc) is 3.49. The number of halogens is 1. The molecule has 0 radical (unpaired) electrons. The quantitative estimate of drug-likeness (QED) is 0.264. The number of amides is 2. The van der Waals surface area contributed by atoms with Gasteiger partial charge in [-0.2, -0.15) is 0 Å². The summed E-state index contributed by atoms with van der Waals surface area (Å²) >= 11 is 7.18. The Bertz CT molecular complexity index is 1090. The Hall–Kier alpha value is -2.74. The van der Waals surface area contributed by atoms with Crippen molar-refractivity contribution in [1.29, 1.82) is 0 Å².